The standard InChI is InChI=1S/C67H74BN3/c1-43-35-59-61-60(36-43)70(55-32-27-48(63(5,6)7)39-51(55)44-21-15-14-16-22-44)57-38-46-42-64(8,9)41-45(46)37-54(57)68(61)53-31-30-50(40-58(53)69(59)49-28-25-47(26-29-49)62(2,3)4)71-56-24-18-17-23-52(56)65(10,11)66(12)33-19-20-34-67(66,71)13/h14-18,21-32,35-40H,19-20,33-34,41-42H2,1-13H3. The molecule has 2 atom stereocenters. The van der Waals surface area contributed by atoms with Crippen molar-refractivity contribution in [2.24, 2.45) is 10.8 Å². The molecule has 0 bridgehead atoms. The quantitative estimate of drug-likeness (QED) is 0.163. The molecule has 5 aliphatic rings. The molecular weight excluding hydrogens is 858 g/mol. The van der Waals surface area contributed by atoms with Gasteiger partial charge >= 0.3 is 0 Å². The van der Waals surface area contributed by atoms with Crippen LogP contribution in [-0.2, 0) is 29.1 Å². The van der Waals surface area contributed by atoms with Gasteiger partial charge in [0.25, 0.3) is 6.71 Å². The zero-order valence-electron chi connectivity index (χ0n) is 44.9. The van der Waals surface area contributed by atoms with Gasteiger partial charge in [-0.2, -0.15) is 0 Å². The van der Waals surface area contributed by atoms with E-state index in [9.17, 15) is 0 Å². The van der Waals surface area contributed by atoms with Crippen molar-refractivity contribution in [2.45, 2.75) is 150 Å². The molecule has 0 amide bonds. The maximum absolute atomic E-state index is 2.81. The summed E-state index contributed by atoms with van der Waals surface area (Å²) in [5.74, 6) is 0. The Hall–Kier alpha value is -6.00. The van der Waals surface area contributed by atoms with Gasteiger partial charge in [0.05, 0.1) is 5.69 Å². The van der Waals surface area contributed by atoms with Crippen LogP contribution < -0.4 is 31.1 Å². The molecule has 0 spiro atoms. The fourth-order valence-corrected chi connectivity index (χ4v) is 14.5. The Labute approximate surface area is 426 Å². The normalized spacial score (nSPS) is 21.5. The van der Waals surface area contributed by atoms with E-state index in [-0.39, 0.29) is 39.3 Å². The molecule has 1 saturated carbocycles. The van der Waals surface area contributed by atoms with E-state index < -0.39 is 0 Å². The smallest absolute Gasteiger partial charge is 0.252 e. The van der Waals surface area contributed by atoms with Crippen molar-refractivity contribution in [3.8, 4) is 11.1 Å². The average molecular weight is 932 g/mol. The first-order valence-corrected chi connectivity index (χ1v) is 26.8. The van der Waals surface area contributed by atoms with Crippen LogP contribution in [0.5, 0.6) is 0 Å². The Bertz CT molecular complexity index is 3290. The molecule has 4 heteroatoms. The second-order valence-corrected chi connectivity index (χ2v) is 26.2. The lowest BCUT2D eigenvalue weighted by atomic mass is 9.33. The summed E-state index contributed by atoms with van der Waals surface area (Å²) in [5, 5.41) is 0. The number of benzene rings is 7. The molecule has 7 aromatic carbocycles. The Morgan fingerprint density at radius 3 is 1.80 bits per heavy atom. The maximum Gasteiger partial charge on any atom is 0.252 e. The first-order chi connectivity index (χ1) is 33.6. The molecule has 2 aliphatic carbocycles. The van der Waals surface area contributed by atoms with Crippen molar-refractivity contribution in [3.05, 3.63) is 173 Å². The molecule has 0 aromatic heterocycles. The monoisotopic (exact) mass is 932 g/mol. The van der Waals surface area contributed by atoms with Gasteiger partial charge < -0.3 is 14.7 Å². The lowest BCUT2D eigenvalue weighted by Crippen LogP contribution is -2.67. The van der Waals surface area contributed by atoms with Gasteiger partial charge in [0.2, 0.25) is 0 Å². The van der Waals surface area contributed by atoms with Crippen molar-refractivity contribution < 1.29 is 0 Å². The van der Waals surface area contributed by atoms with Gasteiger partial charge in [0.1, 0.15) is 0 Å². The summed E-state index contributed by atoms with van der Waals surface area (Å²) in [4.78, 5) is 8.13. The van der Waals surface area contributed by atoms with Crippen molar-refractivity contribution in [1.82, 2.24) is 0 Å². The molecule has 0 N–H and O–H groups in total. The van der Waals surface area contributed by atoms with E-state index >= 15 is 0 Å². The number of rotatable bonds is 4. The molecule has 1 fully saturated rings. The predicted octanol–water partition coefficient (Wildman–Crippen LogP) is 16.2. The van der Waals surface area contributed by atoms with Gasteiger partial charge in [-0.1, -0.05) is 168 Å². The SMILES string of the molecule is Cc1cc2c3c(c1)N(c1ccc(C(C)(C)C)cc1-c1ccccc1)c1cc4c(cc1B3c1ccc(N3c5ccccc5C(C)(C)C5(C)CCCCC35C)cc1N2c1ccc(C(C)(C)C)cc1)CC(C)(C)C4. The van der Waals surface area contributed by atoms with Gasteiger partial charge in [-0.15, -0.1) is 0 Å². The zero-order valence-corrected chi connectivity index (χ0v) is 44.9. The van der Waals surface area contributed by atoms with Crippen LogP contribution in [0.2, 0.25) is 0 Å². The van der Waals surface area contributed by atoms with Crippen molar-refractivity contribution in [3.63, 3.8) is 0 Å². The lowest BCUT2D eigenvalue weighted by molar-refractivity contribution is 0.0106. The van der Waals surface area contributed by atoms with Crippen molar-refractivity contribution in [2.75, 3.05) is 14.7 Å². The third-order valence-corrected chi connectivity index (χ3v) is 18.8. The summed E-state index contributed by atoms with van der Waals surface area (Å²) < 4.78 is 0. The van der Waals surface area contributed by atoms with E-state index in [2.05, 4.69) is 244 Å². The summed E-state index contributed by atoms with van der Waals surface area (Å²) in [6, 6.07) is 55.3. The number of hydrogen-bond donors (Lipinski definition) is 0. The number of nitrogens with zero attached hydrogens (tertiary/aromatic N) is 3. The van der Waals surface area contributed by atoms with Crippen LogP contribution in [-0.4, -0.2) is 12.3 Å². The molecule has 3 aliphatic heterocycles. The summed E-state index contributed by atoms with van der Waals surface area (Å²) in [7, 11) is 0. The Kier molecular flexibility index (Phi) is 10.1. The molecule has 71 heavy (non-hydrogen) atoms. The van der Waals surface area contributed by atoms with Crippen LogP contribution in [0, 0.1) is 17.8 Å². The molecular formula is C67H74BN3. The molecule has 7 aromatic rings. The van der Waals surface area contributed by atoms with Gasteiger partial charge in [-0.05, 0) is 177 Å². The highest BCUT2D eigenvalue weighted by molar-refractivity contribution is 7.00. The Balaban J connectivity index is 1.16. The van der Waals surface area contributed by atoms with Crippen LogP contribution in [0.25, 0.3) is 11.1 Å². The fourth-order valence-electron chi connectivity index (χ4n) is 14.5. The Morgan fingerprint density at radius 1 is 0.493 bits per heavy atom. The molecule has 3 nitrogen and oxygen atoms in total. The number of fused-ring (bicyclic) bond motifs is 7. The van der Waals surface area contributed by atoms with E-state index in [0.717, 1.165) is 19.3 Å². The largest absolute Gasteiger partial charge is 0.335 e. The highest BCUT2D eigenvalue weighted by atomic mass is 15.3. The minimum atomic E-state index is -0.0862. The van der Waals surface area contributed by atoms with Crippen LogP contribution in [0.3, 0.4) is 0 Å². The van der Waals surface area contributed by atoms with Gasteiger partial charge in [-0.25, -0.2) is 0 Å². The first-order valence-electron chi connectivity index (χ1n) is 26.8. The molecule has 360 valence electrons. The first kappa shape index (κ1) is 46.1. The van der Waals surface area contributed by atoms with Gasteiger partial charge in [0, 0.05) is 56.3 Å². The van der Waals surface area contributed by atoms with Crippen LogP contribution >= 0.6 is 0 Å². The lowest BCUT2D eigenvalue weighted by Gasteiger charge is -2.66. The highest BCUT2D eigenvalue weighted by Gasteiger charge is 2.62. The third-order valence-electron chi connectivity index (χ3n) is 18.8. The second kappa shape index (κ2) is 15.5. The minimum absolute atomic E-state index is 0.00696. The average Bonchev–Trinajstić information content (AvgIpc) is 3.63. The van der Waals surface area contributed by atoms with Crippen LogP contribution in [0.4, 0.5) is 45.5 Å². The Morgan fingerprint density at radius 2 is 1.10 bits per heavy atom. The van der Waals surface area contributed by atoms with Crippen molar-refractivity contribution in [1.29, 1.82) is 0 Å². The molecule has 3 heterocycles. The number of anilines is 8. The summed E-state index contributed by atoms with van der Waals surface area (Å²) in [5.41, 5.74) is 25.5. The zero-order chi connectivity index (χ0) is 49.8. The summed E-state index contributed by atoms with van der Waals surface area (Å²) >= 11 is 0. The van der Waals surface area contributed by atoms with Crippen molar-refractivity contribution >= 4 is 68.6 Å². The van der Waals surface area contributed by atoms with E-state index in [0.29, 0.717) is 0 Å². The molecule has 0 saturated heterocycles. The fraction of sp³-hybridized carbons (Fsp3) is 0.373. The molecule has 2 unspecified atom stereocenters. The van der Waals surface area contributed by atoms with Gasteiger partial charge in [-0.3, -0.25) is 0 Å². The summed E-state index contributed by atoms with van der Waals surface area (Å²) in [6.45, 7) is 31.5. The third kappa shape index (κ3) is 6.82. The van der Waals surface area contributed by atoms with E-state index in [4.69, 9.17) is 0 Å². The van der Waals surface area contributed by atoms with Crippen LogP contribution in [0.15, 0.2) is 140 Å². The highest BCUT2D eigenvalue weighted by Crippen LogP contribution is 2.65. The molecule has 0 radical (unpaired) electrons. The topological polar surface area (TPSA) is 9.72 Å². The van der Waals surface area contributed by atoms with Gasteiger partial charge in [0.15, 0.2) is 0 Å². The van der Waals surface area contributed by atoms with E-state index in [1.165, 1.54) is 126 Å². The van der Waals surface area contributed by atoms with Crippen LogP contribution in [0.1, 0.15) is 142 Å². The second-order valence-electron chi connectivity index (χ2n) is 26.2. The van der Waals surface area contributed by atoms with E-state index in [1.807, 2.05) is 0 Å². The molecule has 12 rings (SSSR count). The number of hydrogen-bond acceptors (Lipinski definition) is 3. The predicted molar refractivity (Wildman–Crippen MR) is 306 cm³/mol. The maximum atomic E-state index is 2.81. The summed E-state index contributed by atoms with van der Waals surface area (Å²) in [6.07, 6.45) is 7.07. The minimum Gasteiger partial charge on any atom is -0.335 e. The van der Waals surface area contributed by atoms with E-state index in [1.54, 1.807) is 0 Å². The number of aryl methyl sites for hydroxylation is 1. The number of para-hydroxylation sites is 1.